The second-order valence-corrected chi connectivity index (χ2v) is 4.16. The Bertz CT molecular complexity index is 440. The van der Waals surface area contributed by atoms with Crippen LogP contribution in [0.1, 0.15) is 17.2 Å². The lowest BCUT2D eigenvalue weighted by molar-refractivity contribution is -0.139. The van der Waals surface area contributed by atoms with Gasteiger partial charge in [-0.1, -0.05) is 11.6 Å². The molecule has 0 aliphatic rings. The predicted molar refractivity (Wildman–Crippen MR) is 63.6 cm³/mol. The summed E-state index contributed by atoms with van der Waals surface area (Å²) in [6.07, 6.45) is 0. The number of aliphatic carboxylic acids is 1. The lowest BCUT2D eigenvalue weighted by atomic mass is 9.99. The van der Waals surface area contributed by atoms with Gasteiger partial charge in [-0.3, -0.25) is 4.79 Å². The van der Waals surface area contributed by atoms with E-state index in [1.165, 1.54) is 19.2 Å². The van der Waals surface area contributed by atoms with Gasteiger partial charge in [0.2, 0.25) is 0 Å². The van der Waals surface area contributed by atoms with Gasteiger partial charge in [0, 0.05) is 5.02 Å². The Morgan fingerprint density at radius 1 is 1.59 bits per heavy atom. The third-order valence-corrected chi connectivity index (χ3v) is 2.90. The minimum absolute atomic E-state index is 0.262. The number of nitrogens with one attached hydrogen (secondary N) is 1. The van der Waals surface area contributed by atoms with Gasteiger partial charge in [0.05, 0.1) is 6.04 Å². The molecule has 94 valence electrons. The van der Waals surface area contributed by atoms with E-state index in [2.05, 4.69) is 5.32 Å². The molecule has 0 aromatic heterocycles. The summed E-state index contributed by atoms with van der Waals surface area (Å²) in [4.78, 5) is 10.9. The molecule has 2 atom stereocenters. The van der Waals surface area contributed by atoms with Gasteiger partial charge in [0.1, 0.15) is 11.9 Å². The molecular weight excluding hydrogens is 247 g/mol. The monoisotopic (exact) mass is 260 g/mol. The Kier molecular flexibility index (Phi) is 4.45. The molecule has 0 saturated heterocycles. The first kappa shape index (κ1) is 13.9. The van der Waals surface area contributed by atoms with Crippen molar-refractivity contribution in [3.63, 3.8) is 0 Å². The van der Waals surface area contributed by atoms with E-state index in [1.54, 1.807) is 6.92 Å². The van der Waals surface area contributed by atoms with Gasteiger partial charge >= 0.3 is 5.97 Å². The second-order valence-electron chi connectivity index (χ2n) is 3.75. The largest absolute Gasteiger partial charge is 0.480 e. The number of rotatable bonds is 4. The van der Waals surface area contributed by atoms with E-state index in [4.69, 9.17) is 22.4 Å². The van der Waals surface area contributed by atoms with Crippen molar-refractivity contribution >= 4 is 17.6 Å². The molecule has 0 aliphatic heterocycles. The molecular formula is C11H14ClFN2O2. The van der Waals surface area contributed by atoms with Gasteiger partial charge in [-0.2, -0.15) is 0 Å². The topological polar surface area (TPSA) is 75.3 Å². The van der Waals surface area contributed by atoms with Crippen molar-refractivity contribution in [1.29, 1.82) is 0 Å². The SMILES string of the molecule is CNC(C(=O)O)C(N)c1cc(F)c(C)cc1Cl. The summed E-state index contributed by atoms with van der Waals surface area (Å²) in [7, 11) is 1.47. The van der Waals surface area contributed by atoms with E-state index in [-0.39, 0.29) is 10.6 Å². The number of hydrogen-bond acceptors (Lipinski definition) is 3. The molecule has 0 spiro atoms. The highest BCUT2D eigenvalue weighted by atomic mass is 35.5. The summed E-state index contributed by atoms with van der Waals surface area (Å²) in [5, 5.41) is 11.8. The molecule has 4 N–H and O–H groups in total. The lowest BCUT2D eigenvalue weighted by Crippen LogP contribution is -2.43. The Hall–Kier alpha value is -1.17. The number of nitrogens with two attached hydrogens (primary N) is 1. The third kappa shape index (κ3) is 2.94. The van der Waals surface area contributed by atoms with Crippen molar-refractivity contribution in [2.75, 3.05) is 7.05 Å². The minimum Gasteiger partial charge on any atom is -0.480 e. The summed E-state index contributed by atoms with van der Waals surface area (Å²) >= 11 is 5.93. The maximum atomic E-state index is 13.4. The fraction of sp³-hybridized carbons (Fsp3) is 0.364. The zero-order valence-corrected chi connectivity index (χ0v) is 10.3. The van der Waals surface area contributed by atoms with Crippen LogP contribution in [-0.2, 0) is 4.79 Å². The third-order valence-electron chi connectivity index (χ3n) is 2.57. The fourth-order valence-electron chi connectivity index (χ4n) is 1.55. The molecule has 1 aromatic carbocycles. The van der Waals surface area contributed by atoms with Crippen LogP contribution in [0.3, 0.4) is 0 Å². The van der Waals surface area contributed by atoms with Gasteiger partial charge in [0.25, 0.3) is 0 Å². The molecule has 17 heavy (non-hydrogen) atoms. The number of likely N-dealkylation sites (N-methyl/N-ethyl adjacent to an activating group) is 1. The summed E-state index contributed by atoms with van der Waals surface area (Å²) in [6.45, 7) is 1.57. The van der Waals surface area contributed by atoms with Crippen LogP contribution < -0.4 is 11.1 Å². The highest BCUT2D eigenvalue weighted by molar-refractivity contribution is 6.31. The van der Waals surface area contributed by atoms with Crippen LogP contribution in [0.2, 0.25) is 5.02 Å². The Morgan fingerprint density at radius 2 is 2.18 bits per heavy atom. The molecule has 0 aliphatic carbocycles. The number of carboxylic acid groups (broad SMARTS) is 1. The molecule has 0 heterocycles. The summed E-state index contributed by atoms with van der Waals surface area (Å²) < 4.78 is 13.4. The van der Waals surface area contributed by atoms with Crippen molar-refractivity contribution in [2.24, 2.45) is 5.73 Å². The predicted octanol–water partition coefficient (Wildman–Crippen LogP) is 1.46. The Morgan fingerprint density at radius 3 is 2.65 bits per heavy atom. The number of hydrogen-bond donors (Lipinski definition) is 3. The van der Waals surface area contributed by atoms with Crippen LogP contribution >= 0.6 is 11.6 Å². The normalized spacial score (nSPS) is 14.4. The Labute approximate surface area is 104 Å². The first-order chi connectivity index (χ1) is 7.88. The van der Waals surface area contributed by atoms with Crippen molar-refractivity contribution in [3.05, 3.63) is 34.1 Å². The molecule has 1 aromatic rings. The molecule has 2 unspecified atom stereocenters. The van der Waals surface area contributed by atoms with Crippen molar-refractivity contribution < 1.29 is 14.3 Å². The summed E-state index contributed by atoms with van der Waals surface area (Å²) in [5.41, 5.74) is 6.44. The van der Waals surface area contributed by atoms with Crippen LogP contribution in [0.5, 0.6) is 0 Å². The summed E-state index contributed by atoms with van der Waals surface area (Å²) in [5.74, 6) is -1.57. The molecule has 0 saturated carbocycles. The average molecular weight is 261 g/mol. The molecule has 4 nitrogen and oxygen atoms in total. The highest BCUT2D eigenvalue weighted by Crippen LogP contribution is 2.26. The molecule has 0 amide bonds. The van der Waals surface area contributed by atoms with E-state index in [9.17, 15) is 9.18 Å². The van der Waals surface area contributed by atoms with Gasteiger partial charge in [-0.15, -0.1) is 0 Å². The fourth-order valence-corrected chi connectivity index (χ4v) is 1.90. The number of benzene rings is 1. The number of carbonyl (C=O) groups is 1. The van der Waals surface area contributed by atoms with Crippen molar-refractivity contribution in [2.45, 2.75) is 19.0 Å². The number of halogens is 2. The molecule has 6 heteroatoms. The maximum absolute atomic E-state index is 13.4. The van der Waals surface area contributed by atoms with Crippen LogP contribution in [0.4, 0.5) is 4.39 Å². The van der Waals surface area contributed by atoms with E-state index in [0.717, 1.165) is 0 Å². The standard InChI is InChI=1S/C11H14ClFN2O2/c1-5-3-7(12)6(4-8(5)13)9(14)10(15-2)11(16)17/h3-4,9-10,15H,14H2,1-2H3,(H,16,17). The quantitative estimate of drug-likeness (QED) is 0.766. The van der Waals surface area contributed by atoms with Gasteiger partial charge in [-0.25, -0.2) is 4.39 Å². The number of aryl methyl sites for hydroxylation is 1. The second kappa shape index (κ2) is 5.44. The number of carboxylic acids is 1. The van der Waals surface area contributed by atoms with Crippen LogP contribution in [0, 0.1) is 12.7 Å². The van der Waals surface area contributed by atoms with E-state index >= 15 is 0 Å². The first-order valence-corrected chi connectivity index (χ1v) is 5.37. The van der Waals surface area contributed by atoms with Crippen LogP contribution in [-0.4, -0.2) is 24.2 Å². The smallest absolute Gasteiger partial charge is 0.322 e. The van der Waals surface area contributed by atoms with E-state index in [1.807, 2.05) is 0 Å². The Balaban J connectivity index is 3.15. The molecule has 1 rings (SSSR count). The highest BCUT2D eigenvalue weighted by Gasteiger charge is 2.26. The van der Waals surface area contributed by atoms with Crippen molar-refractivity contribution in [3.8, 4) is 0 Å². The lowest BCUT2D eigenvalue weighted by Gasteiger charge is -2.21. The van der Waals surface area contributed by atoms with Crippen molar-refractivity contribution in [1.82, 2.24) is 5.32 Å². The van der Waals surface area contributed by atoms with E-state index in [0.29, 0.717) is 5.56 Å². The average Bonchev–Trinajstić information content (AvgIpc) is 2.23. The van der Waals surface area contributed by atoms with E-state index < -0.39 is 23.9 Å². The van der Waals surface area contributed by atoms with Crippen LogP contribution in [0.25, 0.3) is 0 Å². The molecule has 0 bridgehead atoms. The zero-order valence-electron chi connectivity index (χ0n) is 9.50. The van der Waals surface area contributed by atoms with Gasteiger partial charge in [0.15, 0.2) is 0 Å². The summed E-state index contributed by atoms with van der Waals surface area (Å²) in [6, 6.07) is 0.672. The zero-order chi connectivity index (χ0) is 13.2. The first-order valence-electron chi connectivity index (χ1n) is 4.99. The minimum atomic E-state index is -1.11. The van der Waals surface area contributed by atoms with Gasteiger partial charge < -0.3 is 16.2 Å². The maximum Gasteiger partial charge on any atom is 0.322 e. The molecule has 0 fully saturated rings. The van der Waals surface area contributed by atoms with Crippen LogP contribution in [0.15, 0.2) is 12.1 Å². The van der Waals surface area contributed by atoms with Gasteiger partial charge in [-0.05, 0) is 37.2 Å². The molecule has 0 radical (unpaired) electrons.